The Bertz CT molecular complexity index is 793. The molecule has 1 saturated heterocycles. The number of hydrogen-bond donors (Lipinski definition) is 1. The van der Waals surface area contributed by atoms with Crippen LogP contribution in [0.2, 0.25) is 5.04 Å². The largest absolute Gasteiger partial charge is 0.465 e. The Hall–Kier alpha value is -2.44. The molecule has 28 heavy (non-hydrogen) atoms. The summed E-state index contributed by atoms with van der Waals surface area (Å²) < 4.78 is 6.76. The van der Waals surface area contributed by atoms with Gasteiger partial charge in [-0.2, -0.15) is 0 Å². The van der Waals surface area contributed by atoms with Gasteiger partial charge in [-0.25, -0.2) is 4.79 Å². The number of likely N-dealkylation sites (tertiary alicyclic amines) is 1. The molecule has 0 saturated carbocycles. The zero-order valence-electron chi connectivity index (χ0n) is 16.6. The van der Waals surface area contributed by atoms with Crippen molar-refractivity contribution in [2.24, 2.45) is 0 Å². The average molecular weight is 398 g/mol. The highest BCUT2D eigenvalue weighted by molar-refractivity contribution is 6.99. The molecular weight excluding hydrogens is 370 g/mol. The zero-order chi connectivity index (χ0) is 20.4. The second-order valence-corrected chi connectivity index (χ2v) is 12.6. The molecule has 2 aromatic rings. The summed E-state index contributed by atoms with van der Waals surface area (Å²) in [6, 6.07) is 20.0. The zero-order valence-corrected chi connectivity index (χ0v) is 17.6. The van der Waals surface area contributed by atoms with Crippen molar-refractivity contribution >= 4 is 30.6 Å². The monoisotopic (exact) mass is 397 g/mol. The Morgan fingerprint density at radius 3 is 2.00 bits per heavy atom. The summed E-state index contributed by atoms with van der Waals surface area (Å²) in [5.74, 6) is -0.0570. The van der Waals surface area contributed by atoms with Crippen molar-refractivity contribution < 1.29 is 19.1 Å². The fraction of sp³-hybridized carbons (Fsp3) is 0.364. The average Bonchev–Trinajstić information content (AvgIpc) is 3.04. The third-order valence-electron chi connectivity index (χ3n) is 5.41. The number of Topliss-reactive ketones (excluding diaryl/α,β-unsaturated/α-hetero) is 1. The van der Waals surface area contributed by atoms with E-state index in [0.717, 1.165) is 10.4 Å². The van der Waals surface area contributed by atoms with Crippen LogP contribution < -0.4 is 10.4 Å². The third-order valence-corrected chi connectivity index (χ3v) is 10.4. The van der Waals surface area contributed by atoms with Crippen molar-refractivity contribution in [1.82, 2.24) is 4.90 Å². The van der Waals surface area contributed by atoms with Crippen molar-refractivity contribution in [3.63, 3.8) is 0 Å². The van der Waals surface area contributed by atoms with Crippen molar-refractivity contribution in [2.75, 3.05) is 13.2 Å². The maximum atomic E-state index is 11.9. The first-order valence-corrected chi connectivity index (χ1v) is 11.4. The Kier molecular flexibility index (Phi) is 5.72. The molecule has 0 unspecified atom stereocenters. The number of hydrogen-bond acceptors (Lipinski definition) is 3. The molecule has 0 spiro atoms. The molecule has 1 amide bonds. The molecule has 1 aliphatic rings. The fourth-order valence-corrected chi connectivity index (χ4v) is 8.71. The Morgan fingerprint density at radius 2 is 1.57 bits per heavy atom. The normalized spacial score (nSPS) is 17.8. The van der Waals surface area contributed by atoms with Crippen LogP contribution in [0.25, 0.3) is 0 Å². The number of carbonyl (C=O) groups is 2. The van der Waals surface area contributed by atoms with Gasteiger partial charge >= 0.3 is 6.09 Å². The second kappa shape index (κ2) is 7.89. The highest BCUT2D eigenvalue weighted by Crippen LogP contribution is 2.37. The molecule has 2 aromatic carbocycles. The second-order valence-electron chi connectivity index (χ2n) is 8.28. The standard InChI is InChI=1S/C22H27NO4Si/c1-22(2,3)28(19-10-6-4-7-11-19,20-12-8-5-9-13-20)27-16-17-14-18(24)15-23(17)21(25)26/h4-13,17H,14-16H2,1-3H3,(H,25,26)/t17-/m0/s1. The van der Waals surface area contributed by atoms with Crippen LogP contribution in [0, 0.1) is 0 Å². The van der Waals surface area contributed by atoms with Gasteiger partial charge in [0.1, 0.15) is 0 Å². The Morgan fingerprint density at radius 1 is 1.07 bits per heavy atom. The minimum Gasteiger partial charge on any atom is -0.465 e. The molecule has 1 fully saturated rings. The molecular formula is C22H27NO4Si. The van der Waals surface area contributed by atoms with Crippen LogP contribution in [-0.2, 0) is 9.22 Å². The number of benzene rings is 2. The lowest BCUT2D eigenvalue weighted by atomic mass is 10.2. The van der Waals surface area contributed by atoms with E-state index in [0.29, 0.717) is 0 Å². The molecule has 0 radical (unpaired) electrons. The van der Waals surface area contributed by atoms with Crippen molar-refractivity contribution in [1.29, 1.82) is 0 Å². The van der Waals surface area contributed by atoms with E-state index in [9.17, 15) is 14.7 Å². The van der Waals surface area contributed by atoms with Gasteiger partial charge in [0, 0.05) is 6.42 Å². The summed E-state index contributed by atoms with van der Waals surface area (Å²) in [6.07, 6.45) is -0.855. The number of rotatable bonds is 5. The number of carbonyl (C=O) groups excluding carboxylic acids is 1. The van der Waals surface area contributed by atoms with E-state index in [1.54, 1.807) is 0 Å². The molecule has 0 bridgehead atoms. The SMILES string of the molecule is CC(C)(C)[Si](OC[C@@H]1CC(=O)CN1C(=O)O)(c1ccccc1)c1ccccc1. The lowest BCUT2D eigenvalue weighted by Gasteiger charge is -2.43. The molecule has 1 atom stereocenters. The van der Waals surface area contributed by atoms with Crippen molar-refractivity contribution in [2.45, 2.75) is 38.3 Å². The summed E-state index contributed by atoms with van der Waals surface area (Å²) in [5, 5.41) is 11.5. The van der Waals surface area contributed by atoms with Crippen LogP contribution in [0.4, 0.5) is 4.79 Å². The van der Waals surface area contributed by atoms with E-state index in [1.807, 2.05) is 36.4 Å². The van der Waals surface area contributed by atoms with E-state index in [-0.39, 0.29) is 30.4 Å². The molecule has 5 nitrogen and oxygen atoms in total. The van der Waals surface area contributed by atoms with Crippen LogP contribution in [0.3, 0.4) is 0 Å². The van der Waals surface area contributed by atoms with Gasteiger partial charge < -0.3 is 9.53 Å². The van der Waals surface area contributed by atoms with Crippen LogP contribution in [-0.4, -0.2) is 49.4 Å². The highest BCUT2D eigenvalue weighted by Gasteiger charge is 2.51. The number of ketones is 1. The van der Waals surface area contributed by atoms with Crippen LogP contribution in [0.5, 0.6) is 0 Å². The molecule has 1 heterocycles. The van der Waals surface area contributed by atoms with E-state index < -0.39 is 20.5 Å². The molecule has 0 aromatic heterocycles. The van der Waals surface area contributed by atoms with Gasteiger partial charge in [0.2, 0.25) is 0 Å². The van der Waals surface area contributed by atoms with E-state index in [4.69, 9.17) is 4.43 Å². The highest BCUT2D eigenvalue weighted by atomic mass is 28.4. The molecule has 0 aliphatic carbocycles. The molecule has 1 N–H and O–H groups in total. The maximum Gasteiger partial charge on any atom is 0.408 e. The predicted octanol–water partition coefficient (Wildman–Crippen LogP) is 2.88. The summed E-state index contributed by atoms with van der Waals surface area (Å²) in [7, 11) is -2.73. The molecule has 3 rings (SSSR count). The third kappa shape index (κ3) is 3.75. The predicted molar refractivity (Wildman–Crippen MR) is 112 cm³/mol. The van der Waals surface area contributed by atoms with Gasteiger partial charge in [-0.3, -0.25) is 9.69 Å². The lowest BCUT2D eigenvalue weighted by molar-refractivity contribution is -0.116. The smallest absolute Gasteiger partial charge is 0.408 e. The van der Waals surface area contributed by atoms with E-state index >= 15 is 0 Å². The maximum absolute atomic E-state index is 11.9. The van der Waals surface area contributed by atoms with Gasteiger partial charge in [0.15, 0.2) is 5.78 Å². The summed E-state index contributed by atoms with van der Waals surface area (Å²) in [5.41, 5.74) is 0. The minimum absolute atomic E-state index is 0.0515. The van der Waals surface area contributed by atoms with E-state index in [2.05, 4.69) is 45.0 Å². The van der Waals surface area contributed by atoms with Gasteiger partial charge in [0.05, 0.1) is 19.2 Å². The number of carboxylic acid groups (broad SMARTS) is 1. The number of nitrogens with zero attached hydrogens (tertiary/aromatic N) is 1. The van der Waals surface area contributed by atoms with Crippen molar-refractivity contribution in [3.05, 3.63) is 60.7 Å². The topological polar surface area (TPSA) is 66.8 Å². The van der Waals surface area contributed by atoms with Crippen molar-refractivity contribution in [3.8, 4) is 0 Å². The quantitative estimate of drug-likeness (QED) is 0.788. The Labute approximate surface area is 167 Å². The Balaban J connectivity index is 2.04. The lowest BCUT2D eigenvalue weighted by Crippen LogP contribution is -2.67. The molecule has 6 heteroatoms. The molecule has 1 aliphatic heterocycles. The summed E-state index contributed by atoms with van der Waals surface area (Å²) >= 11 is 0. The minimum atomic E-state index is -2.73. The van der Waals surface area contributed by atoms with Crippen LogP contribution >= 0.6 is 0 Å². The first-order valence-electron chi connectivity index (χ1n) is 9.52. The summed E-state index contributed by atoms with van der Waals surface area (Å²) in [6.45, 7) is 6.69. The first kappa shape index (κ1) is 20.3. The summed E-state index contributed by atoms with van der Waals surface area (Å²) in [4.78, 5) is 24.6. The van der Waals surface area contributed by atoms with Crippen LogP contribution in [0.15, 0.2) is 60.7 Å². The van der Waals surface area contributed by atoms with E-state index in [1.165, 1.54) is 4.90 Å². The number of amides is 1. The first-order chi connectivity index (χ1) is 13.3. The fourth-order valence-electron chi connectivity index (χ4n) is 4.11. The van der Waals surface area contributed by atoms with Crippen LogP contribution in [0.1, 0.15) is 27.2 Å². The molecule has 148 valence electrons. The van der Waals surface area contributed by atoms with Gasteiger partial charge in [-0.1, -0.05) is 81.4 Å². The van der Waals surface area contributed by atoms with Gasteiger partial charge in [0.25, 0.3) is 8.32 Å². The van der Waals surface area contributed by atoms with Gasteiger partial charge in [-0.15, -0.1) is 0 Å². The van der Waals surface area contributed by atoms with Gasteiger partial charge in [-0.05, 0) is 15.4 Å².